The predicted molar refractivity (Wildman–Crippen MR) is 174 cm³/mol. The van der Waals surface area contributed by atoms with Gasteiger partial charge in [0.25, 0.3) is 0 Å². The number of hydrogen-bond acceptors (Lipinski definition) is 5. The molecule has 1 aliphatic heterocycles. The van der Waals surface area contributed by atoms with Crippen molar-refractivity contribution in [1.82, 2.24) is 19.6 Å². The first-order chi connectivity index (χ1) is 21.6. The van der Waals surface area contributed by atoms with Crippen molar-refractivity contribution in [3.8, 4) is 28.1 Å². The topological polar surface area (TPSA) is 115 Å². The lowest BCUT2D eigenvalue weighted by atomic mass is 9.74. The van der Waals surface area contributed by atoms with Crippen LogP contribution >= 0.6 is 0 Å². The fourth-order valence-corrected chi connectivity index (χ4v) is 6.73. The molecular weight excluding hydrogens is 591 g/mol. The number of rotatable bonds is 9. The van der Waals surface area contributed by atoms with Gasteiger partial charge in [-0.2, -0.15) is 0 Å². The molecular formula is C35H35FN4O4S. The van der Waals surface area contributed by atoms with Crippen LogP contribution in [0, 0.1) is 11.2 Å². The molecule has 2 aromatic heterocycles. The van der Waals surface area contributed by atoms with Gasteiger partial charge in [0.1, 0.15) is 11.6 Å². The minimum absolute atomic E-state index is 0.00681. The van der Waals surface area contributed by atoms with Crippen molar-refractivity contribution in [2.75, 3.05) is 25.9 Å². The first kappa shape index (κ1) is 30.5. The van der Waals surface area contributed by atoms with Gasteiger partial charge in [0.15, 0.2) is 0 Å². The van der Waals surface area contributed by atoms with E-state index in [1.165, 1.54) is 12.1 Å². The number of amides is 1. The second kappa shape index (κ2) is 12.5. The van der Waals surface area contributed by atoms with E-state index in [2.05, 4.69) is 14.7 Å². The number of pyridine rings is 1. The summed E-state index contributed by atoms with van der Waals surface area (Å²) in [5, 5.41) is 12.2. The van der Waals surface area contributed by atoms with Gasteiger partial charge in [-0.3, -0.25) is 9.78 Å². The maximum absolute atomic E-state index is 13.5. The molecule has 45 heavy (non-hydrogen) atoms. The molecule has 232 valence electrons. The number of carbonyl (C=O) groups is 1. The van der Waals surface area contributed by atoms with E-state index < -0.39 is 10.0 Å². The lowest BCUT2D eigenvalue weighted by Gasteiger charge is -2.42. The van der Waals surface area contributed by atoms with Crippen molar-refractivity contribution in [2.45, 2.75) is 25.7 Å². The summed E-state index contributed by atoms with van der Waals surface area (Å²) in [5.74, 6) is -0.139. The molecule has 3 heterocycles. The monoisotopic (exact) mass is 626 g/mol. The number of aromatic amines is 1. The Morgan fingerprint density at radius 1 is 1.00 bits per heavy atom. The Balaban J connectivity index is 1.12. The van der Waals surface area contributed by atoms with Gasteiger partial charge in [-0.15, -0.1) is 0 Å². The number of phenolic OH excluding ortho intramolecular Hbond substituents is 1. The highest BCUT2D eigenvalue weighted by Gasteiger charge is 2.36. The highest BCUT2D eigenvalue weighted by Crippen LogP contribution is 2.39. The largest absolute Gasteiger partial charge is 0.507 e. The summed E-state index contributed by atoms with van der Waals surface area (Å²) in [6.07, 6.45) is 6.70. The number of para-hydroxylation sites is 1. The molecule has 1 aliphatic rings. The predicted octanol–water partition coefficient (Wildman–Crippen LogP) is 5.68. The first-order valence-corrected chi connectivity index (χ1v) is 16.8. The number of H-pyrrole nitrogens is 1. The van der Waals surface area contributed by atoms with E-state index in [1.807, 2.05) is 59.5 Å². The van der Waals surface area contributed by atoms with Gasteiger partial charge < -0.3 is 15.0 Å². The highest BCUT2D eigenvalue weighted by atomic mass is 32.2. The molecule has 0 unspecified atom stereocenters. The van der Waals surface area contributed by atoms with E-state index in [0.717, 1.165) is 39.5 Å². The number of nitrogens with one attached hydrogen (secondary N) is 2. The Kier molecular flexibility index (Phi) is 8.44. The summed E-state index contributed by atoms with van der Waals surface area (Å²) in [5.41, 5.74) is 5.34. The van der Waals surface area contributed by atoms with Crippen LogP contribution in [0.25, 0.3) is 33.3 Å². The maximum Gasteiger partial charge on any atom is 0.226 e. The Morgan fingerprint density at radius 2 is 1.69 bits per heavy atom. The summed E-state index contributed by atoms with van der Waals surface area (Å²) in [7, 11) is -3.39. The molecule has 0 aliphatic carbocycles. The molecule has 3 N–H and O–H groups in total. The number of benzene rings is 3. The summed E-state index contributed by atoms with van der Waals surface area (Å²) < 4.78 is 39.9. The van der Waals surface area contributed by atoms with Gasteiger partial charge in [0.2, 0.25) is 15.9 Å². The zero-order valence-electron chi connectivity index (χ0n) is 25.0. The van der Waals surface area contributed by atoms with E-state index in [1.54, 1.807) is 24.5 Å². The second-order valence-electron chi connectivity index (χ2n) is 12.0. The third-order valence-corrected chi connectivity index (χ3v) is 9.42. The number of likely N-dealkylation sites (tertiary alicyclic amines) is 1. The number of piperidine rings is 1. The number of halogens is 1. The maximum atomic E-state index is 13.5. The van der Waals surface area contributed by atoms with Crippen molar-refractivity contribution < 1.29 is 22.7 Å². The molecule has 10 heteroatoms. The number of fused-ring (bicyclic) bond motifs is 1. The average molecular weight is 627 g/mol. The number of sulfonamides is 1. The van der Waals surface area contributed by atoms with Crippen LogP contribution in [-0.4, -0.2) is 60.2 Å². The van der Waals surface area contributed by atoms with Gasteiger partial charge in [0.05, 0.1) is 30.1 Å². The Bertz CT molecular complexity index is 1900. The lowest BCUT2D eigenvalue weighted by molar-refractivity contribution is -0.132. The minimum Gasteiger partial charge on any atom is -0.507 e. The van der Waals surface area contributed by atoms with E-state index >= 15 is 0 Å². The molecule has 3 aromatic carbocycles. The number of hydrogen-bond donors (Lipinski definition) is 3. The van der Waals surface area contributed by atoms with Crippen molar-refractivity contribution >= 4 is 26.8 Å². The standard InChI is InChI=1S/C35H35FN4O4S/c1-45(43,44)38-23-35(21-25-7-11-28(36)12-8-25)14-17-40(18-15-35)33(41)19-24-5-9-26(10-6-24)29-3-2-4-30(34(29)42)31-20-27-13-16-37-22-32(27)39-31/h2-13,16,20,22,38-39,42H,14-15,17-19,21,23H2,1H3. The van der Waals surface area contributed by atoms with Crippen LogP contribution in [0.5, 0.6) is 5.75 Å². The van der Waals surface area contributed by atoms with E-state index in [0.29, 0.717) is 43.5 Å². The number of nitrogens with zero attached hydrogens (tertiary/aromatic N) is 2. The Hall–Kier alpha value is -4.54. The minimum atomic E-state index is -3.39. The Morgan fingerprint density at radius 3 is 2.38 bits per heavy atom. The van der Waals surface area contributed by atoms with Crippen LogP contribution in [0.1, 0.15) is 24.0 Å². The normalized spacial score (nSPS) is 14.9. The SMILES string of the molecule is CS(=O)(=O)NCC1(Cc2ccc(F)cc2)CCN(C(=O)Cc2ccc(-c3cccc(-c4cc5ccncc5[nH]4)c3O)cc2)CC1. The lowest BCUT2D eigenvalue weighted by Crippen LogP contribution is -2.49. The molecule has 0 spiro atoms. The smallest absolute Gasteiger partial charge is 0.226 e. The second-order valence-corrected chi connectivity index (χ2v) is 13.8. The number of aromatic nitrogens is 2. The molecule has 1 saturated heterocycles. The fraction of sp³-hybridized carbons (Fsp3) is 0.257. The van der Waals surface area contributed by atoms with Crippen LogP contribution < -0.4 is 4.72 Å². The number of phenols is 1. The summed E-state index contributed by atoms with van der Waals surface area (Å²) >= 11 is 0. The molecule has 0 bridgehead atoms. The van der Waals surface area contributed by atoms with E-state index in [-0.39, 0.29) is 35.9 Å². The van der Waals surface area contributed by atoms with Gasteiger partial charge in [-0.25, -0.2) is 17.5 Å². The van der Waals surface area contributed by atoms with Crippen LogP contribution in [0.2, 0.25) is 0 Å². The molecule has 0 saturated carbocycles. The molecule has 5 aromatic rings. The third-order valence-electron chi connectivity index (χ3n) is 8.75. The molecule has 0 radical (unpaired) electrons. The zero-order chi connectivity index (χ0) is 31.6. The van der Waals surface area contributed by atoms with Crippen molar-refractivity contribution in [2.24, 2.45) is 5.41 Å². The molecule has 8 nitrogen and oxygen atoms in total. The molecule has 1 fully saturated rings. The van der Waals surface area contributed by atoms with Crippen LogP contribution in [0.3, 0.4) is 0 Å². The molecule has 0 atom stereocenters. The number of carbonyl (C=O) groups excluding carboxylic acids is 1. The number of aromatic hydroxyl groups is 1. The summed E-state index contributed by atoms with van der Waals surface area (Å²) in [6.45, 7) is 1.28. The Labute approximate surface area is 262 Å². The third kappa shape index (κ3) is 7.08. The highest BCUT2D eigenvalue weighted by molar-refractivity contribution is 7.88. The molecule has 6 rings (SSSR count). The van der Waals surface area contributed by atoms with E-state index in [9.17, 15) is 22.7 Å². The summed E-state index contributed by atoms with van der Waals surface area (Å²) in [6, 6.07) is 23.5. The van der Waals surface area contributed by atoms with Gasteiger partial charge in [0, 0.05) is 42.3 Å². The van der Waals surface area contributed by atoms with Gasteiger partial charge in [-0.1, -0.05) is 48.5 Å². The van der Waals surface area contributed by atoms with Crippen LogP contribution in [0.4, 0.5) is 4.39 Å². The summed E-state index contributed by atoms with van der Waals surface area (Å²) in [4.78, 5) is 22.6. The van der Waals surface area contributed by atoms with Crippen molar-refractivity contribution in [3.05, 3.63) is 108 Å². The fourth-order valence-electron chi connectivity index (χ4n) is 6.17. The van der Waals surface area contributed by atoms with Crippen molar-refractivity contribution in [1.29, 1.82) is 0 Å². The first-order valence-electron chi connectivity index (χ1n) is 14.9. The van der Waals surface area contributed by atoms with E-state index in [4.69, 9.17) is 0 Å². The van der Waals surface area contributed by atoms with Crippen molar-refractivity contribution in [3.63, 3.8) is 0 Å². The van der Waals surface area contributed by atoms with Gasteiger partial charge >= 0.3 is 0 Å². The average Bonchev–Trinajstić information content (AvgIpc) is 3.46. The van der Waals surface area contributed by atoms with Crippen LogP contribution in [-0.2, 0) is 27.7 Å². The zero-order valence-corrected chi connectivity index (χ0v) is 25.8. The molecule has 1 amide bonds. The quantitative estimate of drug-likeness (QED) is 0.195. The van der Waals surface area contributed by atoms with Crippen LogP contribution in [0.15, 0.2) is 91.3 Å². The van der Waals surface area contributed by atoms with Gasteiger partial charge in [-0.05, 0) is 71.7 Å².